The summed E-state index contributed by atoms with van der Waals surface area (Å²) in [6, 6.07) is 1.86. The Kier molecular flexibility index (Phi) is 6.02. The van der Waals surface area contributed by atoms with Gasteiger partial charge >= 0.3 is 0 Å². The predicted molar refractivity (Wildman–Crippen MR) is 101 cm³/mol. The predicted octanol–water partition coefficient (Wildman–Crippen LogP) is 1.34. The molecule has 6 heteroatoms. The Bertz CT molecular complexity index is 651. The van der Waals surface area contributed by atoms with Crippen molar-refractivity contribution < 1.29 is 4.79 Å². The summed E-state index contributed by atoms with van der Waals surface area (Å²) in [5.74, 6) is 4.26. The zero-order chi connectivity index (χ0) is 18.6. The molecule has 0 bridgehead atoms. The van der Waals surface area contributed by atoms with E-state index in [0.717, 1.165) is 43.5 Å². The quantitative estimate of drug-likeness (QED) is 0.836. The highest BCUT2D eigenvalue weighted by Gasteiger charge is 2.27. The highest BCUT2D eigenvalue weighted by Crippen LogP contribution is 2.23. The fourth-order valence-corrected chi connectivity index (χ4v) is 2.84. The van der Waals surface area contributed by atoms with Crippen molar-refractivity contribution in [2.75, 3.05) is 37.6 Å². The Morgan fingerprint density at radius 2 is 1.96 bits per heavy atom. The molecule has 1 atom stereocenters. The van der Waals surface area contributed by atoms with Crippen LogP contribution < -0.4 is 10.2 Å². The molecule has 1 aliphatic rings. The second-order valence-electron chi connectivity index (χ2n) is 7.56. The summed E-state index contributed by atoms with van der Waals surface area (Å²) in [5, 5.41) is 2.75. The molecule has 1 saturated heterocycles. The van der Waals surface area contributed by atoms with E-state index >= 15 is 0 Å². The Labute approximate surface area is 151 Å². The van der Waals surface area contributed by atoms with E-state index in [1.807, 2.05) is 19.9 Å². The van der Waals surface area contributed by atoms with Crippen LogP contribution in [0, 0.1) is 19.3 Å². The van der Waals surface area contributed by atoms with Crippen LogP contribution in [0.4, 0.5) is 5.82 Å². The van der Waals surface area contributed by atoms with E-state index in [1.165, 1.54) is 0 Å². The Balaban J connectivity index is 2.02. The average molecular weight is 343 g/mol. The molecule has 0 unspecified atom stereocenters. The van der Waals surface area contributed by atoms with Gasteiger partial charge < -0.3 is 10.2 Å². The van der Waals surface area contributed by atoms with Gasteiger partial charge in [-0.2, -0.15) is 0 Å². The maximum absolute atomic E-state index is 12.1. The molecule has 2 heterocycles. The molecule has 1 aromatic heterocycles. The Morgan fingerprint density at radius 1 is 1.32 bits per heavy atom. The minimum absolute atomic E-state index is 0.0145. The summed E-state index contributed by atoms with van der Waals surface area (Å²) >= 11 is 0. The first kappa shape index (κ1) is 19.2. The van der Waals surface area contributed by atoms with E-state index < -0.39 is 0 Å². The minimum atomic E-state index is -0.173. The zero-order valence-electron chi connectivity index (χ0n) is 16.0. The van der Waals surface area contributed by atoms with Gasteiger partial charge in [-0.1, -0.05) is 26.7 Å². The largest absolute Gasteiger partial charge is 0.354 e. The van der Waals surface area contributed by atoms with Gasteiger partial charge in [0.2, 0.25) is 5.91 Å². The second-order valence-corrected chi connectivity index (χ2v) is 7.56. The topological polar surface area (TPSA) is 61.4 Å². The highest BCUT2D eigenvalue weighted by molar-refractivity contribution is 5.81. The van der Waals surface area contributed by atoms with Crippen molar-refractivity contribution in [1.82, 2.24) is 20.2 Å². The average Bonchev–Trinajstić information content (AvgIpc) is 2.57. The smallest absolute Gasteiger partial charge is 0.237 e. The maximum atomic E-state index is 12.1. The van der Waals surface area contributed by atoms with Crippen molar-refractivity contribution in [2.45, 2.75) is 46.1 Å². The molecule has 0 spiro atoms. The fraction of sp³-hybridized carbons (Fsp3) is 0.632. The van der Waals surface area contributed by atoms with Gasteiger partial charge in [0.1, 0.15) is 11.6 Å². The van der Waals surface area contributed by atoms with Crippen molar-refractivity contribution in [3.8, 4) is 12.3 Å². The first-order valence-corrected chi connectivity index (χ1v) is 8.78. The molecule has 136 valence electrons. The first-order valence-electron chi connectivity index (χ1n) is 8.78. The van der Waals surface area contributed by atoms with Gasteiger partial charge in [0.05, 0.1) is 12.6 Å². The minimum Gasteiger partial charge on any atom is -0.354 e. The molecule has 0 aliphatic carbocycles. The zero-order valence-corrected chi connectivity index (χ0v) is 16.0. The number of nitrogens with zero attached hydrogens (tertiary/aromatic N) is 4. The van der Waals surface area contributed by atoms with Crippen molar-refractivity contribution in [2.24, 2.45) is 0 Å². The van der Waals surface area contributed by atoms with Crippen molar-refractivity contribution in [3.63, 3.8) is 0 Å². The molecule has 1 aromatic rings. The Hall–Kier alpha value is -2.13. The summed E-state index contributed by atoms with van der Waals surface area (Å²) in [4.78, 5) is 25.9. The number of aromatic nitrogens is 2. The van der Waals surface area contributed by atoms with Crippen LogP contribution in [0.25, 0.3) is 0 Å². The lowest BCUT2D eigenvalue weighted by atomic mass is 9.95. The summed E-state index contributed by atoms with van der Waals surface area (Å²) in [6.45, 7) is 13.9. The number of rotatable bonds is 4. The number of hydrogen-bond acceptors (Lipinski definition) is 5. The lowest BCUT2D eigenvalue weighted by Crippen LogP contribution is -2.54. The Morgan fingerprint density at radius 3 is 2.52 bits per heavy atom. The normalized spacial score (nSPS) is 17.0. The van der Waals surface area contributed by atoms with Crippen LogP contribution in [0.5, 0.6) is 0 Å². The van der Waals surface area contributed by atoms with Gasteiger partial charge in [0, 0.05) is 43.4 Å². The van der Waals surface area contributed by atoms with Gasteiger partial charge in [-0.15, -0.1) is 6.42 Å². The monoisotopic (exact) mass is 343 g/mol. The number of amides is 1. The molecular weight excluding hydrogens is 314 g/mol. The first-order chi connectivity index (χ1) is 11.7. The molecular formula is C19H29N5O. The molecule has 1 amide bonds. The van der Waals surface area contributed by atoms with E-state index in [2.05, 4.69) is 46.8 Å². The third kappa shape index (κ3) is 4.93. The maximum Gasteiger partial charge on any atom is 0.237 e. The summed E-state index contributed by atoms with van der Waals surface area (Å²) in [6.07, 6.45) is 5.20. The van der Waals surface area contributed by atoms with E-state index in [9.17, 15) is 4.79 Å². The van der Waals surface area contributed by atoms with Crippen LogP contribution in [0.3, 0.4) is 0 Å². The summed E-state index contributed by atoms with van der Waals surface area (Å²) < 4.78 is 0. The molecule has 6 nitrogen and oxygen atoms in total. The van der Waals surface area contributed by atoms with Crippen LogP contribution in [0.1, 0.15) is 39.2 Å². The van der Waals surface area contributed by atoms with Crippen LogP contribution in [0.15, 0.2) is 6.07 Å². The summed E-state index contributed by atoms with van der Waals surface area (Å²) in [5.41, 5.74) is 0.908. The molecule has 0 aromatic carbocycles. The van der Waals surface area contributed by atoms with E-state index in [-0.39, 0.29) is 23.9 Å². The number of carbonyl (C=O) groups excluding carboxylic acids is 1. The van der Waals surface area contributed by atoms with E-state index in [0.29, 0.717) is 0 Å². The molecule has 0 saturated carbocycles. The van der Waals surface area contributed by atoms with Crippen molar-refractivity contribution in [3.05, 3.63) is 17.6 Å². The molecule has 1 fully saturated rings. The molecule has 2 rings (SSSR count). The van der Waals surface area contributed by atoms with Crippen LogP contribution >= 0.6 is 0 Å². The van der Waals surface area contributed by atoms with Gasteiger partial charge in [-0.3, -0.25) is 9.69 Å². The highest BCUT2D eigenvalue weighted by atomic mass is 16.2. The second kappa shape index (κ2) is 7.83. The number of carbonyl (C=O) groups is 1. The molecule has 1 N–H and O–H groups in total. The van der Waals surface area contributed by atoms with Crippen molar-refractivity contribution >= 4 is 11.7 Å². The standard InChI is InChI=1S/C19H29N5O/c1-7-8-20-17(25)15(3)23-9-11-24(12-10-23)16-13-14(2)21-18(22-16)19(4,5)6/h1,13,15H,8-12H2,2-6H3,(H,20,25)/t15-/m1/s1. The SMILES string of the molecule is C#CCNC(=O)[C@@H](C)N1CCN(c2cc(C)nc(C(C)(C)C)n2)CC1. The van der Waals surface area contributed by atoms with Gasteiger partial charge in [0.15, 0.2) is 0 Å². The van der Waals surface area contributed by atoms with Gasteiger partial charge in [-0.25, -0.2) is 9.97 Å². The molecule has 25 heavy (non-hydrogen) atoms. The van der Waals surface area contributed by atoms with Gasteiger partial charge in [0.25, 0.3) is 0 Å². The number of piperazine rings is 1. The number of nitrogens with one attached hydrogen (secondary N) is 1. The van der Waals surface area contributed by atoms with E-state index in [1.54, 1.807) is 0 Å². The fourth-order valence-electron chi connectivity index (χ4n) is 2.84. The third-order valence-electron chi connectivity index (χ3n) is 4.44. The van der Waals surface area contributed by atoms with Crippen molar-refractivity contribution in [1.29, 1.82) is 0 Å². The number of hydrogen-bond donors (Lipinski definition) is 1. The van der Waals surface area contributed by atoms with Crippen LogP contribution in [-0.4, -0.2) is 59.5 Å². The number of terminal acetylenes is 1. The lowest BCUT2D eigenvalue weighted by molar-refractivity contribution is -0.125. The number of anilines is 1. The summed E-state index contributed by atoms with van der Waals surface area (Å²) in [7, 11) is 0. The lowest BCUT2D eigenvalue weighted by Gasteiger charge is -2.38. The molecule has 1 aliphatic heterocycles. The van der Waals surface area contributed by atoms with E-state index in [4.69, 9.17) is 11.4 Å². The number of aryl methyl sites for hydroxylation is 1. The van der Waals surface area contributed by atoms with Crippen LogP contribution in [0.2, 0.25) is 0 Å². The van der Waals surface area contributed by atoms with Crippen LogP contribution in [-0.2, 0) is 10.2 Å². The van der Waals surface area contributed by atoms with Gasteiger partial charge in [-0.05, 0) is 13.8 Å². The molecule has 0 radical (unpaired) electrons. The third-order valence-corrected chi connectivity index (χ3v) is 4.44.